The molecular formula is C19H17F3N4S. The number of nitrogens with one attached hydrogen (secondary N) is 1. The van der Waals surface area contributed by atoms with E-state index in [-0.39, 0.29) is 0 Å². The maximum atomic E-state index is 12.9. The Kier molecular flexibility index (Phi) is 4.61. The zero-order valence-electron chi connectivity index (χ0n) is 14.2. The summed E-state index contributed by atoms with van der Waals surface area (Å²) in [5, 5.41) is 4.03. The molecule has 2 heterocycles. The molecule has 27 heavy (non-hydrogen) atoms. The number of halogens is 3. The lowest BCUT2D eigenvalue weighted by Gasteiger charge is -2.09. The number of nitrogens with zero attached hydrogens (tertiary/aromatic N) is 2. The van der Waals surface area contributed by atoms with E-state index in [0.29, 0.717) is 28.3 Å². The molecule has 0 bridgehead atoms. The van der Waals surface area contributed by atoms with E-state index in [1.165, 1.54) is 17.4 Å². The Morgan fingerprint density at radius 1 is 1.15 bits per heavy atom. The molecule has 4 nitrogen and oxygen atoms in total. The van der Waals surface area contributed by atoms with Gasteiger partial charge in [-0.05, 0) is 30.2 Å². The zero-order chi connectivity index (χ0) is 19.0. The van der Waals surface area contributed by atoms with Gasteiger partial charge >= 0.3 is 6.18 Å². The number of hydrogen-bond acceptors (Lipinski definition) is 5. The van der Waals surface area contributed by atoms with Crippen LogP contribution in [0.1, 0.15) is 28.3 Å². The summed E-state index contributed by atoms with van der Waals surface area (Å²) < 4.78 is 38.6. The fraction of sp³-hybridized carbons (Fsp3) is 0.263. The summed E-state index contributed by atoms with van der Waals surface area (Å²) in [5.41, 5.74) is 7.05. The van der Waals surface area contributed by atoms with E-state index in [2.05, 4.69) is 15.3 Å². The molecule has 1 saturated carbocycles. The Balaban J connectivity index is 1.40. The number of hydrogen-bond donors (Lipinski definition) is 2. The minimum absolute atomic E-state index is 0.370. The second-order valence-electron chi connectivity index (χ2n) is 6.55. The van der Waals surface area contributed by atoms with E-state index in [4.69, 9.17) is 5.73 Å². The van der Waals surface area contributed by atoms with Crippen LogP contribution in [-0.4, -0.2) is 16.0 Å². The number of rotatable bonds is 5. The summed E-state index contributed by atoms with van der Waals surface area (Å²) in [5.74, 6) is 0.373. The van der Waals surface area contributed by atoms with Crippen LogP contribution in [0.15, 0.2) is 48.8 Å². The van der Waals surface area contributed by atoms with E-state index in [1.54, 1.807) is 24.5 Å². The standard InChI is InChI=1S/C19H17F3N4S/c20-19(21,22)13-3-1-2-11(6-13)16-5-4-12(8-24-16)15-7-17(15)25-9-14-10-26-18(23)27-14/h1-6,8,10,15,17,25H,7,9H2,(H2,23,26)/t15-,17+/m0/s1. The fourth-order valence-corrected chi connectivity index (χ4v) is 3.71. The molecule has 2 aromatic heterocycles. The lowest BCUT2D eigenvalue weighted by Crippen LogP contribution is -2.16. The first-order valence-electron chi connectivity index (χ1n) is 8.47. The highest BCUT2D eigenvalue weighted by Crippen LogP contribution is 2.41. The Morgan fingerprint density at radius 3 is 2.67 bits per heavy atom. The van der Waals surface area contributed by atoms with E-state index in [0.717, 1.165) is 35.5 Å². The van der Waals surface area contributed by atoms with Crippen LogP contribution < -0.4 is 11.1 Å². The summed E-state index contributed by atoms with van der Waals surface area (Å²) >= 11 is 1.47. The molecule has 0 radical (unpaired) electrons. The third-order valence-corrected chi connectivity index (χ3v) is 5.43. The third kappa shape index (κ3) is 4.12. The summed E-state index contributed by atoms with van der Waals surface area (Å²) in [6.45, 7) is 0.728. The minimum atomic E-state index is -4.36. The SMILES string of the molecule is Nc1ncc(CN[C@@H]2C[C@H]2c2ccc(-c3cccc(C(F)(F)F)c3)nc2)s1. The molecule has 3 N–H and O–H groups in total. The number of benzene rings is 1. The van der Waals surface area contributed by atoms with Crippen molar-refractivity contribution in [3.8, 4) is 11.3 Å². The molecule has 0 saturated heterocycles. The fourth-order valence-electron chi connectivity index (χ4n) is 3.08. The molecule has 1 aromatic carbocycles. The van der Waals surface area contributed by atoms with Crippen LogP contribution in [0, 0.1) is 0 Å². The van der Waals surface area contributed by atoms with Gasteiger partial charge < -0.3 is 11.1 Å². The highest BCUT2D eigenvalue weighted by atomic mass is 32.1. The zero-order valence-corrected chi connectivity index (χ0v) is 15.0. The summed E-state index contributed by atoms with van der Waals surface area (Å²) in [7, 11) is 0. The van der Waals surface area contributed by atoms with Crippen LogP contribution in [0.25, 0.3) is 11.3 Å². The smallest absolute Gasteiger partial charge is 0.375 e. The van der Waals surface area contributed by atoms with Crippen molar-refractivity contribution in [2.24, 2.45) is 0 Å². The Bertz CT molecular complexity index is 937. The lowest BCUT2D eigenvalue weighted by molar-refractivity contribution is -0.137. The quantitative estimate of drug-likeness (QED) is 0.676. The first kappa shape index (κ1) is 17.9. The van der Waals surface area contributed by atoms with E-state index < -0.39 is 11.7 Å². The van der Waals surface area contributed by atoms with Crippen LogP contribution in [0.5, 0.6) is 0 Å². The maximum Gasteiger partial charge on any atom is 0.416 e. The molecule has 1 fully saturated rings. The molecule has 1 aliphatic carbocycles. The highest BCUT2D eigenvalue weighted by molar-refractivity contribution is 7.15. The first-order chi connectivity index (χ1) is 12.9. The number of nitrogen functional groups attached to an aromatic ring is 1. The number of anilines is 1. The molecular weight excluding hydrogens is 373 g/mol. The van der Waals surface area contributed by atoms with Gasteiger partial charge in [-0.3, -0.25) is 4.98 Å². The van der Waals surface area contributed by atoms with Crippen LogP contribution in [0.4, 0.5) is 18.3 Å². The minimum Gasteiger partial charge on any atom is -0.375 e. The van der Waals surface area contributed by atoms with Crippen molar-refractivity contribution in [2.75, 3.05) is 5.73 Å². The van der Waals surface area contributed by atoms with Crippen molar-refractivity contribution < 1.29 is 13.2 Å². The molecule has 3 aromatic rings. The van der Waals surface area contributed by atoms with Crippen molar-refractivity contribution in [1.82, 2.24) is 15.3 Å². The molecule has 0 aliphatic heterocycles. The van der Waals surface area contributed by atoms with Gasteiger partial charge in [0.1, 0.15) is 0 Å². The average Bonchev–Trinajstić information content (AvgIpc) is 3.32. The molecule has 0 unspecified atom stereocenters. The number of aromatic nitrogens is 2. The van der Waals surface area contributed by atoms with Gasteiger partial charge in [0.25, 0.3) is 0 Å². The van der Waals surface area contributed by atoms with Crippen LogP contribution in [0.3, 0.4) is 0 Å². The van der Waals surface area contributed by atoms with Gasteiger partial charge in [0.05, 0.1) is 11.3 Å². The predicted molar refractivity (Wildman–Crippen MR) is 99.2 cm³/mol. The highest BCUT2D eigenvalue weighted by Gasteiger charge is 2.38. The lowest BCUT2D eigenvalue weighted by atomic mass is 10.1. The molecule has 8 heteroatoms. The van der Waals surface area contributed by atoms with E-state index >= 15 is 0 Å². The Labute approximate surface area is 158 Å². The van der Waals surface area contributed by atoms with Crippen molar-refractivity contribution in [1.29, 1.82) is 0 Å². The number of pyridine rings is 1. The van der Waals surface area contributed by atoms with Gasteiger partial charge in [-0.15, -0.1) is 11.3 Å². The summed E-state index contributed by atoms with van der Waals surface area (Å²) in [6, 6.07) is 9.33. The van der Waals surface area contributed by atoms with Gasteiger partial charge in [-0.2, -0.15) is 13.2 Å². The monoisotopic (exact) mass is 390 g/mol. The third-order valence-electron chi connectivity index (χ3n) is 4.60. The maximum absolute atomic E-state index is 12.9. The van der Waals surface area contributed by atoms with Gasteiger partial charge in [0, 0.05) is 41.3 Å². The number of alkyl halides is 3. The van der Waals surface area contributed by atoms with Gasteiger partial charge in [-0.1, -0.05) is 18.2 Å². The van der Waals surface area contributed by atoms with Crippen LogP contribution >= 0.6 is 11.3 Å². The van der Waals surface area contributed by atoms with Gasteiger partial charge in [0.15, 0.2) is 5.13 Å². The molecule has 1 aliphatic rings. The molecule has 0 amide bonds. The first-order valence-corrected chi connectivity index (χ1v) is 9.29. The summed E-state index contributed by atoms with van der Waals surface area (Å²) in [6.07, 6.45) is 0.187. The molecule has 140 valence electrons. The van der Waals surface area contributed by atoms with Crippen molar-refractivity contribution in [2.45, 2.75) is 31.1 Å². The second kappa shape index (κ2) is 6.94. The Hall–Kier alpha value is -2.45. The normalized spacial score (nSPS) is 19.2. The topological polar surface area (TPSA) is 63.8 Å². The van der Waals surface area contributed by atoms with Crippen molar-refractivity contribution in [3.63, 3.8) is 0 Å². The Morgan fingerprint density at radius 2 is 2.00 bits per heavy atom. The number of nitrogens with two attached hydrogens (primary N) is 1. The van der Waals surface area contributed by atoms with Gasteiger partial charge in [-0.25, -0.2) is 4.98 Å². The predicted octanol–water partition coefficient (Wildman–Crippen LogP) is 4.45. The van der Waals surface area contributed by atoms with Crippen LogP contribution in [0.2, 0.25) is 0 Å². The largest absolute Gasteiger partial charge is 0.416 e. The average molecular weight is 390 g/mol. The van der Waals surface area contributed by atoms with Crippen LogP contribution in [-0.2, 0) is 12.7 Å². The second-order valence-corrected chi connectivity index (χ2v) is 7.70. The molecule has 2 atom stereocenters. The summed E-state index contributed by atoms with van der Waals surface area (Å²) in [4.78, 5) is 9.49. The number of thiazole rings is 1. The van der Waals surface area contributed by atoms with E-state index in [1.807, 2.05) is 6.07 Å². The molecule has 0 spiro atoms. The van der Waals surface area contributed by atoms with Crippen molar-refractivity contribution in [3.05, 3.63) is 64.8 Å². The van der Waals surface area contributed by atoms with Gasteiger partial charge in [0.2, 0.25) is 0 Å². The van der Waals surface area contributed by atoms with Crippen molar-refractivity contribution >= 4 is 16.5 Å². The van der Waals surface area contributed by atoms with E-state index in [9.17, 15) is 13.2 Å². The molecule has 4 rings (SSSR count).